The first-order chi connectivity index (χ1) is 7.42. The summed E-state index contributed by atoms with van der Waals surface area (Å²) in [5.41, 5.74) is 0. The number of hydrogen-bond donors (Lipinski definition) is 0. The van der Waals surface area contributed by atoms with E-state index < -0.39 is 0 Å². The second-order valence-electron chi connectivity index (χ2n) is 5.32. The van der Waals surface area contributed by atoms with Crippen LogP contribution in [0.15, 0.2) is 0 Å². The average molecular weight is 210 g/mol. The summed E-state index contributed by atoms with van der Waals surface area (Å²) >= 11 is 0. The van der Waals surface area contributed by atoms with Crippen molar-refractivity contribution in [1.82, 2.24) is 9.80 Å². The van der Waals surface area contributed by atoms with Gasteiger partial charge in [0.15, 0.2) is 0 Å². The van der Waals surface area contributed by atoms with E-state index in [1.807, 2.05) is 0 Å². The van der Waals surface area contributed by atoms with Crippen molar-refractivity contribution in [2.45, 2.75) is 12.8 Å². The molecular formula is C12H22N2O. The first-order valence-corrected chi connectivity index (χ1v) is 6.44. The van der Waals surface area contributed by atoms with Crippen LogP contribution in [-0.4, -0.2) is 62.3 Å². The summed E-state index contributed by atoms with van der Waals surface area (Å²) < 4.78 is 5.35. The van der Waals surface area contributed by atoms with Crippen LogP contribution < -0.4 is 0 Å². The van der Waals surface area contributed by atoms with E-state index in [0.717, 1.165) is 38.1 Å². The smallest absolute Gasteiger partial charge is 0.0594 e. The maximum Gasteiger partial charge on any atom is 0.0594 e. The minimum atomic E-state index is 0.938. The summed E-state index contributed by atoms with van der Waals surface area (Å²) in [4.78, 5) is 5.21. The van der Waals surface area contributed by atoms with Gasteiger partial charge in [-0.3, -0.25) is 4.90 Å². The molecule has 2 aliphatic heterocycles. The Morgan fingerprint density at radius 3 is 2.33 bits per heavy atom. The highest BCUT2D eigenvalue weighted by Gasteiger charge is 2.44. The largest absolute Gasteiger partial charge is 0.379 e. The van der Waals surface area contributed by atoms with Crippen LogP contribution in [0.4, 0.5) is 0 Å². The van der Waals surface area contributed by atoms with Crippen LogP contribution in [0.5, 0.6) is 0 Å². The molecule has 0 amide bonds. The monoisotopic (exact) mass is 210 g/mol. The number of hydrogen-bond acceptors (Lipinski definition) is 3. The number of nitrogens with zero attached hydrogens (tertiary/aromatic N) is 2. The van der Waals surface area contributed by atoms with Crippen molar-refractivity contribution in [2.24, 2.45) is 11.8 Å². The molecule has 3 fully saturated rings. The summed E-state index contributed by atoms with van der Waals surface area (Å²) in [6, 6.07) is 0. The molecule has 86 valence electrons. The van der Waals surface area contributed by atoms with Gasteiger partial charge in [-0.05, 0) is 37.8 Å². The lowest BCUT2D eigenvalue weighted by atomic mass is 10.3. The molecule has 3 aliphatic rings. The number of morpholine rings is 1. The number of fused-ring (bicyclic) bond motifs is 1. The molecule has 1 saturated carbocycles. The van der Waals surface area contributed by atoms with Gasteiger partial charge in [0.05, 0.1) is 13.2 Å². The summed E-state index contributed by atoms with van der Waals surface area (Å²) in [7, 11) is 0. The first-order valence-electron chi connectivity index (χ1n) is 6.44. The Bertz CT molecular complexity index is 204. The minimum Gasteiger partial charge on any atom is -0.379 e. The normalized spacial score (nSPS) is 36.8. The minimum absolute atomic E-state index is 0.938. The molecule has 2 heterocycles. The van der Waals surface area contributed by atoms with Gasteiger partial charge in [0.1, 0.15) is 0 Å². The number of ether oxygens (including phenoxy) is 1. The second-order valence-corrected chi connectivity index (χ2v) is 5.32. The summed E-state index contributed by atoms with van der Waals surface area (Å²) in [6.07, 6.45) is 2.87. The quantitative estimate of drug-likeness (QED) is 0.678. The molecule has 2 saturated heterocycles. The van der Waals surface area contributed by atoms with Gasteiger partial charge in [-0.1, -0.05) is 0 Å². The Morgan fingerprint density at radius 2 is 1.60 bits per heavy atom. The topological polar surface area (TPSA) is 15.7 Å². The molecule has 3 heteroatoms. The fraction of sp³-hybridized carbons (Fsp3) is 1.00. The van der Waals surface area contributed by atoms with E-state index >= 15 is 0 Å². The van der Waals surface area contributed by atoms with E-state index in [9.17, 15) is 0 Å². The summed E-state index contributed by atoms with van der Waals surface area (Å²) in [5.74, 6) is 2.18. The van der Waals surface area contributed by atoms with Crippen molar-refractivity contribution in [3.63, 3.8) is 0 Å². The summed E-state index contributed by atoms with van der Waals surface area (Å²) in [5, 5.41) is 0. The molecule has 0 aromatic rings. The Labute approximate surface area is 92.4 Å². The lowest BCUT2D eigenvalue weighted by Gasteiger charge is -2.27. The average Bonchev–Trinajstić information content (AvgIpc) is 2.88. The van der Waals surface area contributed by atoms with Gasteiger partial charge >= 0.3 is 0 Å². The Hall–Kier alpha value is -0.120. The summed E-state index contributed by atoms with van der Waals surface area (Å²) in [6.45, 7) is 9.55. The van der Waals surface area contributed by atoms with E-state index in [2.05, 4.69) is 9.80 Å². The molecule has 2 unspecified atom stereocenters. The Kier molecular flexibility index (Phi) is 2.95. The zero-order chi connectivity index (χ0) is 10.1. The van der Waals surface area contributed by atoms with E-state index in [-0.39, 0.29) is 0 Å². The van der Waals surface area contributed by atoms with Gasteiger partial charge in [-0.2, -0.15) is 0 Å². The third kappa shape index (κ3) is 2.52. The van der Waals surface area contributed by atoms with Gasteiger partial charge in [0, 0.05) is 26.2 Å². The van der Waals surface area contributed by atoms with E-state index in [4.69, 9.17) is 4.74 Å². The van der Waals surface area contributed by atoms with E-state index in [1.165, 1.54) is 39.0 Å². The van der Waals surface area contributed by atoms with Gasteiger partial charge in [-0.15, -0.1) is 0 Å². The van der Waals surface area contributed by atoms with Gasteiger partial charge in [0.2, 0.25) is 0 Å². The molecule has 2 atom stereocenters. The number of piperidine rings is 1. The Balaban J connectivity index is 1.29. The molecule has 0 radical (unpaired) electrons. The van der Waals surface area contributed by atoms with Gasteiger partial charge in [-0.25, -0.2) is 0 Å². The fourth-order valence-corrected chi connectivity index (χ4v) is 3.02. The maximum atomic E-state index is 5.35. The molecule has 0 N–H and O–H groups in total. The van der Waals surface area contributed by atoms with Crippen molar-refractivity contribution in [3.8, 4) is 0 Å². The maximum absolute atomic E-state index is 5.35. The highest BCUT2D eigenvalue weighted by atomic mass is 16.5. The third-order valence-electron chi connectivity index (χ3n) is 4.11. The number of rotatable bonds is 4. The molecule has 1 aliphatic carbocycles. The van der Waals surface area contributed by atoms with E-state index in [0.29, 0.717) is 0 Å². The zero-order valence-corrected chi connectivity index (χ0v) is 9.53. The second kappa shape index (κ2) is 4.40. The number of likely N-dealkylation sites (tertiary alicyclic amines) is 1. The zero-order valence-electron chi connectivity index (χ0n) is 9.53. The fourth-order valence-electron chi connectivity index (χ4n) is 3.02. The van der Waals surface area contributed by atoms with Crippen LogP contribution in [0.3, 0.4) is 0 Å². The Morgan fingerprint density at radius 1 is 0.933 bits per heavy atom. The van der Waals surface area contributed by atoms with Crippen LogP contribution in [0.2, 0.25) is 0 Å². The third-order valence-corrected chi connectivity index (χ3v) is 4.11. The lowest BCUT2D eigenvalue weighted by molar-refractivity contribution is 0.0363. The highest BCUT2D eigenvalue weighted by Crippen LogP contribution is 2.44. The predicted octanol–water partition coefficient (Wildman–Crippen LogP) is 0.660. The molecule has 15 heavy (non-hydrogen) atoms. The first kappa shape index (κ1) is 10.1. The van der Waals surface area contributed by atoms with Crippen molar-refractivity contribution in [3.05, 3.63) is 0 Å². The molecule has 0 spiro atoms. The predicted molar refractivity (Wildman–Crippen MR) is 59.9 cm³/mol. The molecular weight excluding hydrogens is 188 g/mol. The molecule has 0 aromatic heterocycles. The van der Waals surface area contributed by atoms with Gasteiger partial charge in [0.25, 0.3) is 0 Å². The lowest BCUT2D eigenvalue weighted by Crippen LogP contribution is -2.38. The molecule has 0 aromatic carbocycles. The molecule has 0 bridgehead atoms. The molecule has 3 rings (SSSR count). The van der Waals surface area contributed by atoms with Crippen LogP contribution in [0.1, 0.15) is 12.8 Å². The van der Waals surface area contributed by atoms with Crippen LogP contribution in [-0.2, 0) is 4.74 Å². The van der Waals surface area contributed by atoms with Crippen LogP contribution in [0.25, 0.3) is 0 Å². The highest BCUT2D eigenvalue weighted by molar-refractivity contribution is 4.96. The SMILES string of the molecule is C(CN1CCOCC1)CN1CC2CC2C1. The van der Waals surface area contributed by atoms with Crippen molar-refractivity contribution in [1.29, 1.82) is 0 Å². The van der Waals surface area contributed by atoms with Crippen molar-refractivity contribution in [2.75, 3.05) is 52.5 Å². The van der Waals surface area contributed by atoms with Gasteiger partial charge < -0.3 is 9.64 Å². The van der Waals surface area contributed by atoms with Crippen molar-refractivity contribution < 1.29 is 4.74 Å². The van der Waals surface area contributed by atoms with Crippen LogP contribution >= 0.6 is 0 Å². The molecule has 3 nitrogen and oxygen atoms in total. The standard InChI is InChI=1S/C12H22N2O/c1(2-13-4-6-15-7-5-13)3-14-9-11-8-12(11)10-14/h11-12H,1-10H2. The van der Waals surface area contributed by atoms with Crippen LogP contribution in [0, 0.1) is 11.8 Å². The van der Waals surface area contributed by atoms with Crippen molar-refractivity contribution >= 4 is 0 Å². The van der Waals surface area contributed by atoms with E-state index in [1.54, 1.807) is 0 Å².